The zero-order valence-corrected chi connectivity index (χ0v) is 11.4. The zero-order chi connectivity index (χ0) is 12.5. The molecule has 3 rings (SSSR count). The fourth-order valence-corrected chi connectivity index (χ4v) is 3.19. The molecular weight excluding hydrogens is 226 g/mol. The number of rotatable bonds is 3. The van der Waals surface area contributed by atoms with Crippen molar-refractivity contribution in [2.75, 3.05) is 13.1 Å². The van der Waals surface area contributed by atoms with Crippen LogP contribution in [0.4, 0.5) is 0 Å². The van der Waals surface area contributed by atoms with Crippen molar-refractivity contribution in [2.24, 2.45) is 0 Å². The first-order valence-electron chi connectivity index (χ1n) is 7.15. The third-order valence-corrected chi connectivity index (χ3v) is 4.21. The third kappa shape index (κ3) is 2.31. The number of hydrogen-bond donors (Lipinski definition) is 1. The van der Waals surface area contributed by atoms with Crippen LogP contribution in [-0.4, -0.2) is 35.1 Å². The van der Waals surface area contributed by atoms with E-state index in [1.807, 2.05) is 6.26 Å². The summed E-state index contributed by atoms with van der Waals surface area (Å²) in [7, 11) is 0. The number of nitrogens with zero attached hydrogens (tertiary/aromatic N) is 2. The zero-order valence-electron chi connectivity index (χ0n) is 11.4. The topological polar surface area (TPSA) is 41.3 Å². The Morgan fingerprint density at radius 2 is 2.22 bits per heavy atom. The number of nitrogens with one attached hydrogen (secondary N) is 1. The van der Waals surface area contributed by atoms with Crippen molar-refractivity contribution in [1.82, 2.24) is 15.2 Å². The molecule has 100 valence electrons. The van der Waals surface area contributed by atoms with Crippen molar-refractivity contribution in [2.45, 2.75) is 57.7 Å². The van der Waals surface area contributed by atoms with Crippen molar-refractivity contribution < 1.29 is 4.42 Å². The monoisotopic (exact) mass is 249 g/mol. The minimum Gasteiger partial charge on any atom is -0.448 e. The van der Waals surface area contributed by atoms with Crippen molar-refractivity contribution in [3.05, 3.63) is 17.8 Å². The summed E-state index contributed by atoms with van der Waals surface area (Å²) in [6.45, 7) is 7.48. The Balaban J connectivity index is 1.71. The molecule has 1 N–H and O–H groups in total. The highest BCUT2D eigenvalue weighted by Gasteiger charge is 2.35. The molecule has 1 aromatic heterocycles. The molecule has 3 heterocycles. The van der Waals surface area contributed by atoms with Crippen LogP contribution in [0.3, 0.4) is 0 Å². The summed E-state index contributed by atoms with van der Waals surface area (Å²) < 4.78 is 5.54. The molecule has 0 unspecified atom stereocenters. The van der Waals surface area contributed by atoms with Gasteiger partial charge in [0.15, 0.2) is 5.89 Å². The van der Waals surface area contributed by atoms with Crippen molar-refractivity contribution in [1.29, 1.82) is 0 Å². The van der Waals surface area contributed by atoms with Crippen LogP contribution in [0.2, 0.25) is 0 Å². The highest BCUT2D eigenvalue weighted by atomic mass is 16.3. The van der Waals surface area contributed by atoms with Crippen LogP contribution < -0.4 is 5.32 Å². The predicted octanol–water partition coefficient (Wildman–Crippen LogP) is 2.12. The summed E-state index contributed by atoms with van der Waals surface area (Å²) in [6.07, 6.45) is 5.78. The molecule has 1 aromatic rings. The average Bonchev–Trinajstić information content (AvgIpc) is 2.85. The first-order chi connectivity index (χ1) is 8.74. The summed E-state index contributed by atoms with van der Waals surface area (Å²) in [5.74, 6) is 1.24. The van der Waals surface area contributed by atoms with E-state index < -0.39 is 0 Å². The van der Waals surface area contributed by atoms with Gasteiger partial charge < -0.3 is 9.73 Å². The van der Waals surface area contributed by atoms with Gasteiger partial charge in [0, 0.05) is 31.1 Å². The standard InChI is InChI=1S/C14H23N3O/c1-10(2)14-16-11(9-18-14)8-17-12-3-4-13(17)7-15-6-5-12/h9-10,12-13,15H,3-8H2,1-2H3/t12-,13+/m1/s1. The summed E-state index contributed by atoms with van der Waals surface area (Å²) in [4.78, 5) is 7.23. The molecule has 0 aromatic carbocycles. The van der Waals surface area contributed by atoms with Crippen LogP contribution in [0.25, 0.3) is 0 Å². The Hall–Kier alpha value is -0.870. The summed E-state index contributed by atoms with van der Waals surface area (Å²) in [6, 6.07) is 1.43. The van der Waals surface area contributed by atoms with E-state index in [4.69, 9.17) is 4.42 Å². The van der Waals surface area contributed by atoms with E-state index in [9.17, 15) is 0 Å². The molecule has 0 saturated carbocycles. The lowest BCUT2D eigenvalue weighted by Gasteiger charge is -2.26. The van der Waals surface area contributed by atoms with Crippen LogP contribution >= 0.6 is 0 Å². The first kappa shape index (κ1) is 12.2. The van der Waals surface area contributed by atoms with Gasteiger partial charge in [-0.1, -0.05) is 13.8 Å². The normalized spacial score (nSPS) is 28.8. The lowest BCUT2D eigenvalue weighted by atomic mass is 10.1. The molecule has 2 bridgehead atoms. The van der Waals surface area contributed by atoms with Gasteiger partial charge in [0.05, 0.1) is 5.69 Å². The fraction of sp³-hybridized carbons (Fsp3) is 0.786. The predicted molar refractivity (Wildman–Crippen MR) is 70.4 cm³/mol. The van der Waals surface area contributed by atoms with Gasteiger partial charge in [-0.15, -0.1) is 0 Å². The molecule has 0 amide bonds. The first-order valence-corrected chi connectivity index (χ1v) is 7.15. The SMILES string of the molecule is CC(C)c1nc(CN2[C@H]3CCNC[C@@H]2CC3)co1. The maximum Gasteiger partial charge on any atom is 0.196 e. The molecule has 2 aliphatic heterocycles. The minimum atomic E-state index is 0.376. The summed E-state index contributed by atoms with van der Waals surface area (Å²) in [5, 5.41) is 3.53. The van der Waals surface area contributed by atoms with Gasteiger partial charge >= 0.3 is 0 Å². The quantitative estimate of drug-likeness (QED) is 0.891. The van der Waals surface area contributed by atoms with Crippen LogP contribution in [0.1, 0.15) is 50.6 Å². The smallest absolute Gasteiger partial charge is 0.196 e. The molecule has 2 fully saturated rings. The van der Waals surface area contributed by atoms with Gasteiger partial charge in [0.2, 0.25) is 0 Å². The summed E-state index contributed by atoms with van der Waals surface area (Å²) in [5.41, 5.74) is 1.09. The largest absolute Gasteiger partial charge is 0.448 e. The van der Waals surface area contributed by atoms with Crippen LogP contribution in [0.15, 0.2) is 10.7 Å². The van der Waals surface area contributed by atoms with E-state index in [-0.39, 0.29) is 0 Å². The minimum absolute atomic E-state index is 0.376. The molecule has 4 heteroatoms. The van der Waals surface area contributed by atoms with Gasteiger partial charge in [0.1, 0.15) is 6.26 Å². The lowest BCUT2D eigenvalue weighted by molar-refractivity contribution is 0.191. The van der Waals surface area contributed by atoms with Gasteiger partial charge in [-0.05, 0) is 25.8 Å². The van der Waals surface area contributed by atoms with Crippen LogP contribution in [0.5, 0.6) is 0 Å². The maximum absolute atomic E-state index is 5.54. The van der Waals surface area contributed by atoms with Crippen molar-refractivity contribution >= 4 is 0 Å². The van der Waals surface area contributed by atoms with Gasteiger partial charge in [-0.3, -0.25) is 4.90 Å². The Labute approximate surface area is 109 Å². The Morgan fingerprint density at radius 3 is 3.00 bits per heavy atom. The molecule has 2 aliphatic rings. The molecule has 0 radical (unpaired) electrons. The maximum atomic E-state index is 5.54. The van der Waals surface area contributed by atoms with E-state index in [1.54, 1.807) is 0 Å². The molecule has 0 spiro atoms. The van der Waals surface area contributed by atoms with E-state index in [1.165, 1.54) is 19.3 Å². The molecular formula is C14H23N3O. The molecule has 4 nitrogen and oxygen atoms in total. The summed E-state index contributed by atoms with van der Waals surface area (Å²) >= 11 is 0. The van der Waals surface area contributed by atoms with E-state index in [2.05, 4.69) is 29.0 Å². The van der Waals surface area contributed by atoms with Crippen LogP contribution in [0, 0.1) is 0 Å². The van der Waals surface area contributed by atoms with Crippen LogP contribution in [-0.2, 0) is 6.54 Å². The van der Waals surface area contributed by atoms with Gasteiger partial charge in [-0.2, -0.15) is 0 Å². The Morgan fingerprint density at radius 1 is 1.39 bits per heavy atom. The fourth-order valence-electron chi connectivity index (χ4n) is 3.19. The van der Waals surface area contributed by atoms with Crippen molar-refractivity contribution in [3.8, 4) is 0 Å². The highest BCUT2D eigenvalue weighted by molar-refractivity contribution is 5.02. The second-order valence-corrected chi connectivity index (χ2v) is 5.88. The molecule has 18 heavy (non-hydrogen) atoms. The van der Waals surface area contributed by atoms with Gasteiger partial charge in [-0.25, -0.2) is 4.98 Å². The van der Waals surface area contributed by atoms with Gasteiger partial charge in [0.25, 0.3) is 0 Å². The number of hydrogen-bond acceptors (Lipinski definition) is 4. The van der Waals surface area contributed by atoms with E-state index in [0.717, 1.165) is 37.3 Å². The van der Waals surface area contributed by atoms with E-state index in [0.29, 0.717) is 12.0 Å². The van der Waals surface area contributed by atoms with Crippen molar-refractivity contribution in [3.63, 3.8) is 0 Å². The number of fused-ring (bicyclic) bond motifs is 2. The molecule has 2 atom stereocenters. The number of oxazole rings is 1. The molecule has 0 aliphatic carbocycles. The Kier molecular flexibility index (Phi) is 3.39. The van der Waals surface area contributed by atoms with E-state index >= 15 is 0 Å². The lowest BCUT2D eigenvalue weighted by Crippen LogP contribution is -2.37. The highest BCUT2D eigenvalue weighted by Crippen LogP contribution is 2.29. The second-order valence-electron chi connectivity index (χ2n) is 5.88. The average molecular weight is 249 g/mol. The molecule has 2 saturated heterocycles. The number of aromatic nitrogens is 1. The Bertz CT molecular complexity index is 387. The third-order valence-electron chi connectivity index (χ3n) is 4.21. The second kappa shape index (κ2) is 5.02.